The zero-order valence-electron chi connectivity index (χ0n) is 21.8. The van der Waals surface area contributed by atoms with E-state index in [1.807, 2.05) is 30.3 Å². The van der Waals surface area contributed by atoms with E-state index in [4.69, 9.17) is 10.5 Å². The first-order valence-corrected chi connectivity index (χ1v) is 13.0. The highest BCUT2D eigenvalue weighted by molar-refractivity contribution is 5.90. The highest BCUT2D eigenvalue weighted by atomic mass is 19.4. The Morgan fingerprint density at radius 3 is 2.48 bits per heavy atom. The molecule has 3 amide bonds. The van der Waals surface area contributed by atoms with Crippen molar-refractivity contribution >= 4 is 17.9 Å². The molecule has 2 heterocycles. The predicted molar refractivity (Wildman–Crippen MR) is 144 cm³/mol. The topological polar surface area (TPSA) is 96.2 Å². The van der Waals surface area contributed by atoms with Gasteiger partial charge in [-0.1, -0.05) is 49.4 Å². The highest BCUT2D eigenvalue weighted by Gasteiger charge is 2.48. The van der Waals surface area contributed by atoms with E-state index in [-0.39, 0.29) is 50.9 Å². The summed E-state index contributed by atoms with van der Waals surface area (Å²) in [5.41, 5.74) is 6.35. The van der Waals surface area contributed by atoms with Crippen LogP contribution in [0.5, 0.6) is 0 Å². The molecule has 2 saturated heterocycles. The van der Waals surface area contributed by atoms with Gasteiger partial charge in [0.1, 0.15) is 18.8 Å². The Balaban J connectivity index is 0.00000441. The molecule has 2 fully saturated rings. The third-order valence-corrected chi connectivity index (χ3v) is 7.06. The van der Waals surface area contributed by atoms with E-state index in [9.17, 15) is 27.6 Å². The number of nitrogens with two attached hydrogens (primary N) is 1. The van der Waals surface area contributed by atoms with E-state index in [0.717, 1.165) is 17.7 Å². The Bertz CT molecular complexity index is 1190. The van der Waals surface area contributed by atoms with Crippen molar-refractivity contribution in [2.75, 3.05) is 19.6 Å². The maximum Gasteiger partial charge on any atom is 0.416 e. The first-order valence-electron chi connectivity index (χ1n) is 13.0. The molecule has 1 unspecified atom stereocenters. The van der Waals surface area contributed by atoms with Crippen molar-refractivity contribution in [3.05, 3.63) is 70.8 Å². The maximum atomic E-state index is 13.5. The SMILES string of the molecule is C.Cc1cc(COC(=O)N2CCC(=O)N3C2CN(Cc2ccccc2)C(=O)[C@@H]3CCCCN)cc(C(F)(F)F)c1. The molecule has 2 atom stereocenters. The Labute approximate surface area is 232 Å². The van der Waals surface area contributed by atoms with Crippen molar-refractivity contribution in [3.63, 3.8) is 0 Å². The van der Waals surface area contributed by atoms with Gasteiger partial charge >= 0.3 is 12.3 Å². The van der Waals surface area contributed by atoms with Crippen molar-refractivity contribution in [2.45, 2.75) is 71.6 Å². The summed E-state index contributed by atoms with van der Waals surface area (Å²) < 4.78 is 45.2. The zero-order valence-corrected chi connectivity index (χ0v) is 21.8. The molecule has 2 N–H and O–H groups in total. The van der Waals surface area contributed by atoms with Crippen LogP contribution in [0.4, 0.5) is 18.0 Å². The van der Waals surface area contributed by atoms with Crippen LogP contribution in [0.25, 0.3) is 0 Å². The molecule has 0 aliphatic carbocycles. The van der Waals surface area contributed by atoms with Gasteiger partial charge in [0.05, 0.1) is 12.1 Å². The predicted octanol–water partition coefficient (Wildman–Crippen LogP) is 4.69. The molecule has 2 aliphatic rings. The van der Waals surface area contributed by atoms with Gasteiger partial charge in [-0.3, -0.25) is 14.5 Å². The number of hydrogen-bond donors (Lipinski definition) is 1. The molecule has 8 nitrogen and oxygen atoms in total. The number of unbranched alkanes of at least 4 members (excludes halogenated alkanes) is 1. The van der Waals surface area contributed by atoms with E-state index in [2.05, 4.69) is 0 Å². The van der Waals surface area contributed by atoms with Crippen LogP contribution < -0.4 is 5.73 Å². The second-order valence-corrected chi connectivity index (χ2v) is 9.99. The average Bonchev–Trinajstić information content (AvgIpc) is 2.89. The van der Waals surface area contributed by atoms with E-state index in [1.54, 1.807) is 11.8 Å². The van der Waals surface area contributed by atoms with Crippen LogP contribution >= 0.6 is 0 Å². The van der Waals surface area contributed by atoms with Crippen LogP contribution in [0.3, 0.4) is 0 Å². The molecule has 0 spiro atoms. The van der Waals surface area contributed by atoms with Gasteiger partial charge in [-0.05, 0) is 56.0 Å². The monoisotopic (exact) mass is 562 g/mol. The summed E-state index contributed by atoms with van der Waals surface area (Å²) in [6.07, 6.45) is -4.24. The zero-order chi connectivity index (χ0) is 28.2. The molecule has 0 bridgehead atoms. The molecule has 11 heteroatoms. The molecular weight excluding hydrogens is 525 g/mol. The summed E-state index contributed by atoms with van der Waals surface area (Å²) in [4.78, 5) is 44.4. The maximum absolute atomic E-state index is 13.5. The van der Waals surface area contributed by atoms with Gasteiger partial charge in [-0.2, -0.15) is 13.2 Å². The molecule has 218 valence electrons. The van der Waals surface area contributed by atoms with Crippen LogP contribution in [-0.4, -0.2) is 64.4 Å². The summed E-state index contributed by atoms with van der Waals surface area (Å²) in [5.74, 6) is -0.404. The largest absolute Gasteiger partial charge is 0.444 e. The Morgan fingerprint density at radius 2 is 1.80 bits per heavy atom. The fourth-order valence-electron chi connectivity index (χ4n) is 5.24. The molecule has 2 aromatic carbocycles. The first kappa shape index (κ1) is 30.9. The number of alkyl halides is 3. The van der Waals surface area contributed by atoms with Crippen molar-refractivity contribution in [1.82, 2.24) is 14.7 Å². The van der Waals surface area contributed by atoms with E-state index < -0.39 is 30.0 Å². The standard InChI is InChI=1S/C28H33F3N4O4.CH4/c1-19-13-21(15-22(14-19)28(29,30)31)18-39-27(38)34-12-10-25(36)35-23(9-5-6-11-32)26(37)33(17-24(34)35)16-20-7-3-2-4-8-20;/h2-4,7-8,13-15,23-24H,5-6,9-12,16-18,32H2,1H3;1H4/t23-,24?;/m0./s1. The second kappa shape index (κ2) is 13.2. The number of fused-ring (bicyclic) bond motifs is 1. The average molecular weight is 563 g/mol. The van der Waals surface area contributed by atoms with Crippen molar-refractivity contribution < 1.29 is 32.3 Å². The quantitative estimate of drug-likeness (QED) is 0.471. The summed E-state index contributed by atoms with van der Waals surface area (Å²) in [6, 6.07) is 12.2. The lowest BCUT2D eigenvalue weighted by atomic mass is 9.98. The normalized spacial score (nSPS) is 19.3. The number of hydrogen-bond acceptors (Lipinski definition) is 5. The lowest BCUT2D eigenvalue weighted by Gasteiger charge is -2.52. The minimum absolute atomic E-state index is 0. The lowest BCUT2D eigenvalue weighted by molar-refractivity contribution is -0.169. The van der Waals surface area contributed by atoms with Gasteiger partial charge in [0.2, 0.25) is 11.8 Å². The van der Waals surface area contributed by atoms with Crippen molar-refractivity contribution in [3.8, 4) is 0 Å². The molecule has 0 saturated carbocycles. The van der Waals surface area contributed by atoms with Gasteiger partial charge in [0.25, 0.3) is 0 Å². The van der Waals surface area contributed by atoms with Crippen LogP contribution in [0, 0.1) is 6.92 Å². The van der Waals surface area contributed by atoms with Gasteiger partial charge in [0, 0.05) is 19.5 Å². The number of aryl methyl sites for hydroxylation is 1. The van der Waals surface area contributed by atoms with E-state index >= 15 is 0 Å². The fourth-order valence-corrected chi connectivity index (χ4v) is 5.24. The van der Waals surface area contributed by atoms with Crippen molar-refractivity contribution in [2.24, 2.45) is 5.73 Å². The molecule has 40 heavy (non-hydrogen) atoms. The van der Waals surface area contributed by atoms with Gasteiger partial charge in [-0.25, -0.2) is 4.79 Å². The number of halogens is 3. The van der Waals surface area contributed by atoms with Crippen LogP contribution in [0.2, 0.25) is 0 Å². The van der Waals surface area contributed by atoms with Crippen molar-refractivity contribution in [1.29, 1.82) is 0 Å². The summed E-state index contributed by atoms with van der Waals surface area (Å²) >= 11 is 0. The molecule has 2 aromatic rings. The summed E-state index contributed by atoms with van der Waals surface area (Å²) in [7, 11) is 0. The third kappa shape index (κ3) is 7.12. The van der Waals surface area contributed by atoms with Gasteiger partial charge in [0.15, 0.2) is 0 Å². The Hall–Kier alpha value is -3.60. The minimum atomic E-state index is -4.52. The first-order chi connectivity index (χ1) is 18.6. The van der Waals surface area contributed by atoms with E-state index in [1.165, 1.54) is 15.9 Å². The number of rotatable bonds is 8. The third-order valence-electron chi connectivity index (χ3n) is 7.06. The molecule has 2 aliphatic heterocycles. The molecule has 0 aromatic heterocycles. The number of carbonyl (C=O) groups excluding carboxylic acids is 3. The Kier molecular flexibility index (Phi) is 10.2. The summed E-state index contributed by atoms with van der Waals surface area (Å²) in [6.45, 7) is 2.15. The Morgan fingerprint density at radius 1 is 1.07 bits per heavy atom. The lowest BCUT2D eigenvalue weighted by Crippen LogP contribution is -2.71. The number of carbonyl (C=O) groups is 3. The number of piperazine rings is 1. The molecular formula is C29H37F3N4O4. The number of nitrogens with zero attached hydrogens (tertiary/aromatic N) is 3. The minimum Gasteiger partial charge on any atom is -0.444 e. The second-order valence-electron chi connectivity index (χ2n) is 9.99. The number of benzene rings is 2. The van der Waals surface area contributed by atoms with E-state index in [0.29, 0.717) is 37.9 Å². The van der Waals surface area contributed by atoms with Crippen LogP contribution in [0.15, 0.2) is 48.5 Å². The van der Waals surface area contributed by atoms with Gasteiger partial charge < -0.3 is 20.3 Å². The smallest absolute Gasteiger partial charge is 0.416 e. The molecule has 4 rings (SSSR count). The van der Waals surface area contributed by atoms with Gasteiger partial charge in [-0.15, -0.1) is 0 Å². The van der Waals surface area contributed by atoms with Crippen LogP contribution in [-0.2, 0) is 33.7 Å². The number of amides is 3. The molecule has 0 radical (unpaired) electrons. The van der Waals surface area contributed by atoms with Crippen LogP contribution in [0.1, 0.15) is 55.4 Å². The summed E-state index contributed by atoms with van der Waals surface area (Å²) in [5, 5.41) is 0. The number of ether oxygens (including phenoxy) is 1. The highest BCUT2D eigenvalue weighted by Crippen LogP contribution is 2.32. The fraction of sp³-hybridized carbons (Fsp3) is 0.483.